The van der Waals surface area contributed by atoms with Crippen LogP contribution in [-0.4, -0.2) is 69.5 Å². The van der Waals surface area contributed by atoms with Crippen LogP contribution in [0.4, 0.5) is 0 Å². The van der Waals surface area contributed by atoms with Crippen molar-refractivity contribution in [3.05, 3.63) is 29.8 Å². The highest BCUT2D eigenvalue weighted by molar-refractivity contribution is 7.46. The molecule has 0 radical (unpaired) electrons. The molecule has 5 amide bonds. The molecule has 1 aromatic carbocycles. The summed E-state index contributed by atoms with van der Waals surface area (Å²) < 4.78 is 15.4. The molecule has 0 aliphatic heterocycles. The van der Waals surface area contributed by atoms with Crippen LogP contribution in [0.2, 0.25) is 0 Å². The Morgan fingerprint density at radius 2 is 1.53 bits per heavy atom. The van der Waals surface area contributed by atoms with Crippen molar-refractivity contribution in [2.45, 2.75) is 44.2 Å². The van der Waals surface area contributed by atoms with Crippen LogP contribution >= 0.6 is 7.82 Å². The Kier molecular flexibility index (Phi) is 12.4. The lowest BCUT2D eigenvalue weighted by atomic mass is 9.94. The predicted molar refractivity (Wildman–Crippen MR) is 129 cm³/mol. The molecule has 17 heteroatoms. The van der Waals surface area contributed by atoms with E-state index < -0.39 is 80.6 Å². The molecule has 0 heterocycles. The summed E-state index contributed by atoms with van der Waals surface area (Å²) in [6.45, 7) is 0. The topological polar surface area (TPSA) is 278 Å². The zero-order valence-electron chi connectivity index (χ0n) is 20.3. The first-order chi connectivity index (χ1) is 17.6. The molecule has 0 aromatic heterocycles. The van der Waals surface area contributed by atoms with E-state index in [1.165, 1.54) is 31.3 Å². The van der Waals surface area contributed by atoms with Gasteiger partial charge in [-0.2, -0.15) is 0 Å². The van der Waals surface area contributed by atoms with E-state index in [4.69, 9.17) is 26.4 Å². The zero-order chi connectivity index (χ0) is 29.0. The average molecular weight is 559 g/mol. The third-order valence-electron chi connectivity index (χ3n) is 5.06. The minimum Gasteiger partial charge on any atom is -0.481 e. The Labute approximate surface area is 216 Å². The molecule has 3 atom stereocenters. The number of hydrogen-bond acceptors (Lipinski definition) is 8. The summed E-state index contributed by atoms with van der Waals surface area (Å²) in [5.74, 6) is -6.83. The van der Waals surface area contributed by atoms with E-state index in [1.807, 2.05) is 0 Å². The van der Waals surface area contributed by atoms with E-state index in [1.54, 1.807) is 0 Å². The van der Waals surface area contributed by atoms with Crippen LogP contribution in [0, 0.1) is 5.92 Å². The first kappa shape index (κ1) is 32.0. The van der Waals surface area contributed by atoms with Gasteiger partial charge in [0.05, 0.1) is 12.3 Å². The number of primary amides is 2. The van der Waals surface area contributed by atoms with E-state index in [0.717, 1.165) is 0 Å². The van der Waals surface area contributed by atoms with Gasteiger partial charge in [-0.1, -0.05) is 12.1 Å². The number of phosphoric acid groups is 1. The molecular formula is C21H30N5O11P. The van der Waals surface area contributed by atoms with Crippen molar-refractivity contribution in [3.63, 3.8) is 0 Å². The summed E-state index contributed by atoms with van der Waals surface area (Å²) in [5.41, 5.74) is 10.7. The maximum absolute atomic E-state index is 13.1. The van der Waals surface area contributed by atoms with Gasteiger partial charge in [0.15, 0.2) is 0 Å². The number of carboxylic acid groups (broad SMARTS) is 1. The van der Waals surface area contributed by atoms with Gasteiger partial charge in [-0.3, -0.25) is 38.6 Å². The summed E-state index contributed by atoms with van der Waals surface area (Å²) in [7, 11) is -3.44. The first-order valence-corrected chi connectivity index (χ1v) is 12.6. The number of hydrogen-bond donors (Lipinski definition) is 8. The molecule has 0 unspecified atom stereocenters. The van der Waals surface area contributed by atoms with Crippen LogP contribution < -0.4 is 31.9 Å². The number of phosphoric ester groups is 1. The van der Waals surface area contributed by atoms with Crippen molar-refractivity contribution in [1.82, 2.24) is 16.0 Å². The Morgan fingerprint density at radius 1 is 0.947 bits per heavy atom. The maximum Gasteiger partial charge on any atom is 0.524 e. The van der Waals surface area contributed by atoms with Gasteiger partial charge in [0, 0.05) is 19.9 Å². The number of carbonyl (C=O) groups is 6. The lowest BCUT2D eigenvalue weighted by Gasteiger charge is -2.24. The smallest absolute Gasteiger partial charge is 0.481 e. The summed E-state index contributed by atoms with van der Waals surface area (Å²) in [5, 5.41) is 15.9. The molecule has 38 heavy (non-hydrogen) atoms. The number of carboxylic acids is 1. The Bertz CT molecular complexity index is 1090. The number of rotatable bonds is 16. The Hall–Kier alpha value is -4.01. The molecule has 1 aromatic rings. The lowest BCUT2D eigenvalue weighted by Crippen LogP contribution is -2.54. The second-order valence-corrected chi connectivity index (χ2v) is 9.30. The summed E-state index contributed by atoms with van der Waals surface area (Å²) in [6, 6.07) is 2.33. The average Bonchev–Trinajstić information content (AvgIpc) is 2.80. The SMILES string of the molecule is CNC(=O)C[C@@H](Cc1ccc(OP(=O)(O)O)cc1)C(=O)N[C@@H](CCC(=O)O)C(=O)N[C@@H](CC(N)=O)C(N)=O. The van der Waals surface area contributed by atoms with Crippen LogP contribution in [0.25, 0.3) is 0 Å². The van der Waals surface area contributed by atoms with Gasteiger partial charge in [-0.05, 0) is 30.5 Å². The van der Waals surface area contributed by atoms with Crippen LogP contribution in [0.1, 0.15) is 31.2 Å². The van der Waals surface area contributed by atoms with Crippen LogP contribution in [0.5, 0.6) is 5.75 Å². The summed E-state index contributed by atoms with van der Waals surface area (Å²) in [6.07, 6.45) is -1.95. The lowest BCUT2D eigenvalue weighted by molar-refractivity contribution is -0.138. The quantitative estimate of drug-likeness (QED) is 0.0992. The van der Waals surface area contributed by atoms with Crippen LogP contribution in [0.15, 0.2) is 24.3 Å². The number of benzene rings is 1. The molecule has 210 valence electrons. The standard InChI is InChI=1S/C21H30N5O11P/c1-24-17(28)9-12(8-11-2-4-13(5-3-11)37-38(34,35)36)20(32)25-14(6-7-18(29)30)21(33)26-15(19(23)31)10-16(22)27/h2-5,12,14-15H,6-10H2,1H3,(H2,22,27)(H2,23,31)(H,24,28)(H,25,32)(H,26,33)(H,29,30)(H2,34,35,36)/t12-,14+,15+/m1/s1. The second-order valence-electron chi connectivity index (χ2n) is 8.13. The number of amides is 5. The van der Waals surface area contributed by atoms with Gasteiger partial charge in [-0.25, -0.2) is 4.57 Å². The highest BCUT2D eigenvalue weighted by Crippen LogP contribution is 2.37. The molecule has 0 spiro atoms. The molecule has 10 N–H and O–H groups in total. The fraction of sp³-hybridized carbons (Fsp3) is 0.429. The number of nitrogens with two attached hydrogens (primary N) is 2. The van der Waals surface area contributed by atoms with Crippen molar-refractivity contribution < 1.29 is 52.7 Å². The van der Waals surface area contributed by atoms with Gasteiger partial charge in [0.25, 0.3) is 0 Å². The molecule has 1 rings (SSSR count). The van der Waals surface area contributed by atoms with Gasteiger partial charge >= 0.3 is 13.8 Å². The number of aliphatic carboxylic acids is 1. The number of nitrogens with one attached hydrogen (secondary N) is 3. The van der Waals surface area contributed by atoms with Crippen LogP contribution in [0.3, 0.4) is 0 Å². The van der Waals surface area contributed by atoms with E-state index in [9.17, 15) is 33.3 Å². The van der Waals surface area contributed by atoms with Gasteiger partial charge in [-0.15, -0.1) is 0 Å². The van der Waals surface area contributed by atoms with Crippen molar-refractivity contribution in [2.75, 3.05) is 7.05 Å². The van der Waals surface area contributed by atoms with E-state index in [2.05, 4.69) is 20.5 Å². The van der Waals surface area contributed by atoms with Crippen LogP contribution in [-0.2, 0) is 39.8 Å². The maximum atomic E-state index is 13.1. The van der Waals surface area contributed by atoms with Gasteiger partial charge in [0.1, 0.15) is 17.8 Å². The fourth-order valence-corrected chi connectivity index (χ4v) is 3.61. The summed E-state index contributed by atoms with van der Waals surface area (Å²) in [4.78, 5) is 89.5. The Morgan fingerprint density at radius 3 is 2.00 bits per heavy atom. The normalized spacial score (nSPS) is 13.3. The molecule has 0 saturated heterocycles. The minimum absolute atomic E-state index is 0.0612. The summed E-state index contributed by atoms with van der Waals surface area (Å²) >= 11 is 0. The van der Waals surface area contributed by atoms with Crippen molar-refractivity contribution >= 4 is 43.3 Å². The van der Waals surface area contributed by atoms with Crippen molar-refractivity contribution in [2.24, 2.45) is 17.4 Å². The number of carbonyl (C=O) groups excluding carboxylic acids is 5. The highest BCUT2D eigenvalue weighted by atomic mass is 31.2. The largest absolute Gasteiger partial charge is 0.524 e. The first-order valence-electron chi connectivity index (χ1n) is 11.1. The van der Waals surface area contributed by atoms with E-state index >= 15 is 0 Å². The van der Waals surface area contributed by atoms with Gasteiger partial charge in [0.2, 0.25) is 29.5 Å². The fourth-order valence-electron chi connectivity index (χ4n) is 3.21. The van der Waals surface area contributed by atoms with E-state index in [0.29, 0.717) is 5.56 Å². The van der Waals surface area contributed by atoms with Crippen molar-refractivity contribution in [3.8, 4) is 5.75 Å². The Balaban J connectivity index is 3.12. The highest BCUT2D eigenvalue weighted by Gasteiger charge is 2.30. The zero-order valence-corrected chi connectivity index (χ0v) is 21.2. The molecule has 16 nitrogen and oxygen atoms in total. The molecule has 0 aliphatic carbocycles. The van der Waals surface area contributed by atoms with E-state index in [-0.39, 0.29) is 18.6 Å². The molecule has 0 aliphatic rings. The molecule has 0 fully saturated rings. The predicted octanol–water partition coefficient (Wildman–Crippen LogP) is -2.35. The third kappa shape index (κ3) is 12.3. The molecular weight excluding hydrogens is 529 g/mol. The molecule has 0 bridgehead atoms. The van der Waals surface area contributed by atoms with Crippen molar-refractivity contribution in [1.29, 1.82) is 0 Å². The monoisotopic (exact) mass is 559 g/mol. The minimum atomic E-state index is -4.78. The van der Waals surface area contributed by atoms with Gasteiger partial charge < -0.3 is 37.0 Å². The second kappa shape index (κ2) is 14.7. The molecule has 0 saturated carbocycles. The third-order valence-corrected chi connectivity index (χ3v) is 5.50.